The van der Waals surface area contributed by atoms with Gasteiger partial charge in [0.05, 0.1) is 36.5 Å². The summed E-state index contributed by atoms with van der Waals surface area (Å²) >= 11 is 6.37. The molecule has 234 valence electrons. The molecule has 13 nitrogen and oxygen atoms in total. The summed E-state index contributed by atoms with van der Waals surface area (Å²) in [6.45, 7) is 3.13. The van der Waals surface area contributed by atoms with Crippen LogP contribution in [0.15, 0.2) is 43.1 Å². The molecule has 4 aromatic rings. The molecule has 3 aromatic heterocycles. The van der Waals surface area contributed by atoms with Gasteiger partial charge in [-0.2, -0.15) is 13.2 Å². The molecule has 1 saturated heterocycles. The fraction of sp³-hybridized carbons (Fsp3) is 0.481. The quantitative estimate of drug-likeness (QED) is 0.247. The van der Waals surface area contributed by atoms with E-state index in [0.29, 0.717) is 35.4 Å². The van der Waals surface area contributed by atoms with E-state index in [9.17, 15) is 13.2 Å². The molecule has 2 atom stereocenters. The molecule has 0 bridgehead atoms. The van der Waals surface area contributed by atoms with E-state index in [4.69, 9.17) is 25.8 Å². The van der Waals surface area contributed by atoms with Crippen LogP contribution in [-0.2, 0) is 11.3 Å². The van der Waals surface area contributed by atoms with E-state index in [2.05, 4.69) is 41.2 Å². The molecule has 1 aliphatic heterocycles. The average Bonchev–Trinajstić information content (AvgIpc) is 3.63. The Balaban J connectivity index is 1.13. The van der Waals surface area contributed by atoms with Gasteiger partial charge in [-0.15, -0.1) is 10.2 Å². The number of aromatic nitrogens is 8. The molecule has 0 amide bonds. The Morgan fingerprint density at radius 2 is 2.02 bits per heavy atom. The average molecular weight is 635 g/mol. The lowest BCUT2D eigenvalue weighted by atomic mass is 9.76. The number of anilines is 2. The summed E-state index contributed by atoms with van der Waals surface area (Å²) in [4.78, 5) is 8.73. The predicted molar refractivity (Wildman–Crippen MR) is 152 cm³/mol. The molecule has 17 heteroatoms. The van der Waals surface area contributed by atoms with Crippen molar-refractivity contribution in [3.8, 4) is 22.8 Å². The first-order chi connectivity index (χ1) is 21.2. The van der Waals surface area contributed by atoms with Crippen LogP contribution in [0.3, 0.4) is 0 Å². The molecule has 6 rings (SSSR count). The first-order valence-electron chi connectivity index (χ1n) is 14.1. The Kier molecular flexibility index (Phi) is 8.81. The maximum Gasteiger partial charge on any atom is 0.422 e. The van der Waals surface area contributed by atoms with Crippen molar-refractivity contribution in [2.24, 2.45) is 5.92 Å². The topological polar surface area (TPSA) is 139 Å². The van der Waals surface area contributed by atoms with Gasteiger partial charge in [0.15, 0.2) is 6.61 Å². The van der Waals surface area contributed by atoms with Crippen molar-refractivity contribution in [1.29, 1.82) is 0 Å². The number of rotatable bonds is 11. The lowest BCUT2D eigenvalue weighted by Crippen LogP contribution is -2.47. The zero-order chi connectivity index (χ0) is 30.7. The molecule has 1 aliphatic carbocycles. The highest BCUT2D eigenvalue weighted by atomic mass is 35.5. The molecule has 0 radical (unpaired) electrons. The predicted octanol–water partition coefficient (Wildman–Crippen LogP) is 4.07. The molecule has 4 heterocycles. The molecule has 0 spiro atoms. The molecule has 1 aromatic carbocycles. The van der Waals surface area contributed by atoms with Crippen LogP contribution in [0.2, 0.25) is 5.02 Å². The third-order valence-electron chi connectivity index (χ3n) is 7.40. The molecule has 2 N–H and O–H groups in total. The van der Waals surface area contributed by atoms with Gasteiger partial charge in [0.2, 0.25) is 5.95 Å². The monoisotopic (exact) mass is 634 g/mol. The standard InChI is InChI=1S/C27H30ClF3N10O3/c1-16(12-40-15-35-38-39-40)44-23-8-17(2-3-21(23)28)19-9-33-26(34-10-19)36-22-13-41(37-25(22)43-14-27(29,30)31)20-6-18(7-20)24-11-32-4-5-42-24/h2-3,8-10,13,15-16,18,20,24,32H,4-7,11-12,14H2,1H3,(H,33,34,36). The second-order valence-electron chi connectivity index (χ2n) is 10.8. The van der Waals surface area contributed by atoms with Crippen LogP contribution in [0, 0.1) is 5.92 Å². The molecule has 2 fully saturated rings. The number of nitrogens with one attached hydrogen (secondary N) is 2. The summed E-state index contributed by atoms with van der Waals surface area (Å²) in [6.07, 6.45) is 3.25. The Bertz CT molecular complexity index is 1530. The van der Waals surface area contributed by atoms with Crippen LogP contribution < -0.4 is 20.1 Å². The molecular formula is C27H30ClF3N10O3. The van der Waals surface area contributed by atoms with Crippen LogP contribution >= 0.6 is 11.6 Å². The SMILES string of the molecule is CC(Cn1cnnn1)Oc1cc(-c2cnc(Nc3cn(C4CC(C5CNCCO5)C4)nc3OCC(F)(F)F)nc2)ccc1Cl. The number of tetrazole rings is 1. The summed E-state index contributed by atoms with van der Waals surface area (Å²) in [6, 6.07) is 5.32. The van der Waals surface area contributed by atoms with Gasteiger partial charge < -0.3 is 24.8 Å². The second-order valence-corrected chi connectivity index (χ2v) is 11.2. The zero-order valence-electron chi connectivity index (χ0n) is 23.6. The molecule has 1 saturated carbocycles. The van der Waals surface area contributed by atoms with Crippen molar-refractivity contribution in [2.45, 2.75) is 50.7 Å². The van der Waals surface area contributed by atoms with E-state index in [1.165, 1.54) is 6.33 Å². The fourth-order valence-electron chi connectivity index (χ4n) is 5.16. The smallest absolute Gasteiger partial charge is 0.422 e. The zero-order valence-corrected chi connectivity index (χ0v) is 24.4. The summed E-state index contributed by atoms with van der Waals surface area (Å²) in [5.41, 5.74) is 1.67. The Morgan fingerprint density at radius 1 is 1.20 bits per heavy atom. The Labute approximate surface area is 255 Å². The van der Waals surface area contributed by atoms with E-state index in [0.717, 1.165) is 31.5 Å². The fourth-order valence-corrected chi connectivity index (χ4v) is 5.32. The number of alkyl halides is 3. The van der Waals surface area contributed by atoms with Gasteiger partial charge in [-0.1, -0.05) is 17.7 Å². The van der Waals surface area contributed by atoms with Gasteiger partial charge in [0, 0.05) is 31.0 Å². The largest absolute Gasteiger partial charge is 0.487 e. The molecular weight excluding hydrogens is 605 g/mol. The first-order valence-corrected chi connectivity index (χ1v) is 14.5. The lowest BCUT2D eigenvalue weighted by Gasteiger charge is -2.41. The van der Waals surface area contributed by atoms with E-state index >= 15 is 0 Å². The number of benzene rings is 1. The second kappa shape index (κ2) is 12.9. The van der Waals surface area contributed by atoms with Gasteiger partial charge in [0.25, 0.3) is 5.88 Å². The van der Waals surface area contributed by atoms with Crippen molar-refractivity contribution in [1.82, 2.24) is 45.3 Å². The highest BCUT2D eigenvalue weighted by Crippen LogP contribution is 2.42. The number of morpholine rings is 1. The minimum absolute atomic E-state index is 0.0227. The molecule has 2 aliphatic rings. The van der Waals surface area contributed by atoms with Gasteiger partial charge in [-0.25, -0.2) is 14.6 Å². The molecule has 2 unspecified atom stereocenters. The Hall–Kier alpha value is -4.02. The molecule has 44 heavy (non-hydrogen) atoms. The number of halogens is 4. The van der Waals surface area contributed by atoms with E-state index in [1.54, 1.807) is 46.2 Å². The van der Waals surface area contributed by atoms with Gasteiger partial charge in [-0.05, 0) is 53.8 Å². The van der Waals surface area contributed by atoms with E-state index in [-0.39, 0.29) is 35.8 Å². The number of ether oxygens (including phenoxy) is 3. The lowest BCUT2D eigenvalue weighted by molar-refractivity contribution is -0.154. The van der Waals surface area contributed by atoms with E-state index in [1.807, 2.05) is 6.92 Å². The summed E-state index contributed by atoms with van der Waals surface area (Å²) in [7, 11) is 0. The van der Waals surface area contributed by atoms with Crippen LogP contribution in [0.1, 0.15) is 25.8 Å². The third-order valence-corrected chi connectivity index (χ3v) is 7.72. The highest BCUT2D eigenvalue weighted by Gasteiger charge is 2.38. The van der Waals surface area contributed by atoms with Crippen molar-refractivity contribution in [3.05, 3.63) is 48.1 Å². The van der Waals surface area contributed by atoms with Crippen LogP contribution in [0.25, 0.3) is 11.1 Å². The highest BCUT2D eigenvalue weighted by molar-refractivity contribution is 6.32. The van der Waals surface area contributed by atoms with Crippen molar-refractivity contribution in [3.63, 3.8) is 0 Å². The maximum atomic E-state index is 13.0. The van der Waals surface area contributed by atoms with Crippen molar-refractivity contribution < 1.29 is 27.4 Å². The van der Waals surface area contributed by atoms with Gasteiger partial charge in [0.1, 0.15) is 23.9 Å². The number of hydrogen-bond acceptors (Lipinski definition) is 11. The number of hydrogen-bond donors (Lipinski definition) is 2. The minimum atomic E-state index is -4.52. The van der Waals surface area contributed by atoms with E-state index < -0.39 is 12.8 Å². The summed E-state index contributed by atoms with van der Waals surface area (Å²) in [5, 5.41) is 22.1. The van der Waals surface area contributed by atoms with Gasteiger partial charge in [-0.3, -0.25) is 4.68 Å². The van der Waals surface area contributed by atoms with Crippen molar-refractivity contribution >= 4 is 23.2 Å². The van der Waals surface area contributed by atoms with Crippen molar-refractivity contribution in [2.75, 3.05) is 31.6 Å². The maximum absolute atomic E-state index is 13.0. The normalized spacial score (nSPS) is 21.0. The minimum Gasteiger partial charge on any atom is -0.487 e. The van der Waals surface area contributed by atoms with Crippen LogP contribution in [0.5, 0.6) is 11.6 Å². The van der Waals surface area contributed by atoms with Crippen LogP contribution in [-0.4, -0.2) is 84.6 Å². The third kappa shape index (κ3) is 7.36. The van der Waals surface area contributed by atoms with Gasteiger partial charge >= 0.3 is 6.18 Å². The van der Waals surface area contributed by atoms with Crippen LogP contribution in [0.4, 0.5) is 24.8 Å². The summed E-state index contributed by atoms with van der Waals surface area (Å²) in [5.74, 6) is 0.815. The Morgan fingerprint density at radius 3 is 2.73 bits per heavy atom. The number of nitrogens with zero attached hydrogens (tertiary/aromatic N) is 8. The first kappa shape index (κ1) is 30.0. The summed E-state index contributed by atoms with van der Waals surface area (Å²) < 4.78 is 59.0.